The molecule has 2 aromatic heterocycles. The molecule has 3 rings (SSSR count). The summed E-state index contributed by atoms with van der Waals surface area (Å²) in [4.78, 5) is 8.69. The van der Waals surface area contributed by atoms with Gasteiger partial charge in [-0.1, -0.05) is 24.3 Å². The quantitative estimate of drug-likeness (QED) is 0.573. The minimum atomic E-state index is 0.977. The first kappa shape index (κ1) is 10.9. The van der Waals surface area contributed by atoms with Crippen LogP contribution in [-0.2, 0) is 21.0 Å². The van der Waals surface area contributed by atoms with Gasteiger partial charge in [0.25, 0.3) is 0 Å². The van der Waals surface area contributed by atoms with Crippen molar-refractivity contribution < 1.29 is 21.0 Å². The van der Waals surface area contributed by atoms with Gasteiger partial charge in [-0.05, 0) is 12.1 Å². The van der Waals surface area contributed by atoms with Crippen LogP contribution in [0.1, 0.15) is 0 Å². The van der Waals surface area contributed by atoms with Gasteiger partial charge in [-0.3, -0.25) is 9.97 Å². The largest absolute Gasteiger partial charge is 0.254 e. The molecule has 16 heavy (non-hydrogen) atoms. The third-order valence-electron chi connectivity index (χ3n) is 2.34. The van der Waals surface area contributed by atoms with Crippen molar-refractivity contribution >= 4 is 21.8 Å². The van der Waals surface area contributed by atoms with Crippen LogP contribution in [0.15, 0.2) is 48.8 Å². The third kappa shape index (κ3) is 1.87. The summed E-state index contributed by atoms with van der Waals surface area (Å²) < 4.78 is 8.19. The zero-order chi connectivity index (χ0) is 11.4. The van der Waals surface area contributed by atoms with Crippen LogP contribution in [-0.4, -0.2) is 9.97 Å². The van der Waals surface area contributed by atoms with Gasteiger partial charge >= 0.3 is 21.0 Å². The Kier molecular flexibility index (Phi) is 3.39. The molecular formula is C12H8N2OV. The molecule has 0 aliphatic heterocycles. The number of pyridine rings is 2. The van der Waals surface area contributed by atoms with Gasteiger partial charge in [-0.25, -0.2) is 0 Å². The van der Waals surface area contributed by atoms with E-state index >= 15 is 0 Å². The molecule has 0 spiro atoms. The van der Waals surface area contributed by atoms with Gasteiger partial charge in [0.05, 0.1) is 11.0 Å². The molecule has 2 heterocycles. The first-order valence-corrected chi connectivity index (χ1v) is 5.29. The van der Waals surface area contributed by atoms with E-state index in [1.54, 1.807) is 12.4 Å². The summed E-state index contributed by atoms with van der Waals surface area (Å²) in [5, 5.41) is 2.28. The SMILES string of the molecule is [O]=[V].c1cnc2c(c1)ccc1cccnc12. The van der Waals surface area contributed by atoms with E-state index in [0.29, 0.717) is 0 Å². The summed E-state index contributed by atoms with van der Waals surface area (Å²) >= 11 is 1.06. The van der Waals surface area contributed by atoms with Crippen molar-refractivity contribution in [2.45, 2.75) is 0 Å². The second kappa shape index (κ2) is 4.97. The molecule has 77 valence electrons. The number of aromatic nitrogens is 2. The number of rotatable bonds is 0. The molecule has 0 bridgehead atoms. The fourth-order valence-electron chi connectivity index (χ4n) is 1.68. The van der Waals surface area contributed by atoms with Gasteiger partial charge in [0.1, 0.15) is 0 Å². The van der Waals surface area contributed by atoms with Crippen molar-refractivity contribution in [3.63, 3.8) is 0 Å². The third-order valence-corrected chi connectivity index (χ3v) is 2.34. The van der Waals surface area contributed by atoms with Gasteiger partial charge in [0.15, 0.2) is 0 Å². The van der Waals surface area contributed by atoms with Crippen molar-refractivity contribution in [1.82, 2.24) is 9.97 Å². The molecule has 0 radical (unpaired) electrons. The van der Waals surface area contributed by atoms with Crippen LogP contribution in [0.4, 0.5) is 0 Å². The molecule has 0 saturated carbocycles. The molecule has 1 aromatic carbocycles. The molecule has 0 atom stereocenters. The minimum absolute atomic E-state index is 0.977. The number of nitrogens with zero attached hydrogens (tertiary/aromatic N) is 2. The Bertz CT molecular complexity index is 572. The van der Waals surface area contributed by atoms with Crippen LogP contribution in [0.2, 0.25) is 0 Å². The summed E-state index contributed by atoms with van der Waals surface area (Å²) in [7, 11) is 0. The van der Waals surface area contributed by atoms with Crippen molar-refractivity contribution in [2.75, 3.05) is 0 Å². The molecule has 3 nitrogen and oxygen atoms in total. The van der Waals surface area contributed by atoms with E-state index in [1.165, 1.54) is 0 Å². The van der Waals surface area contributed by atoms with Crippen LogP contribution in [0.3, 0.4) is 0 Å². The summed E-state index contributed by atoms with van der Waals surface area (Å²) in [6.07, 6.45) is 3.60. The van der Waals surface area contributed by atoms with Crippen molar-refractivity contribution in [1.29, 1.82) is 0 Å². The smallest absolute Gasteiger partial charge is 0.0964 e. The summed E-state index contributed by atoms with van der Waals surface area (Å²) in [6, 6.07) is 12.1. The van der Waals surface area contributed by atoms with Crippen LogP contribution >= 0.6 is 0 Å². The number of hydrogen-bond donors (Lipinski definition) is 0. The zero-order valence-electron chi connectivity index (χ0n) is 8.37. The number of hydrogen-bond acceptors (Lipinski definition) is 3. The van der Waals surface area contributed by atoms with E-state index in [9.17, 15) is 0 Å². The Morgan fingerprint density at radius 3 is 1.62 bits per heavy atom. The number of benzene rings is 1. The summed E-state index contributed by atoms with van der Waals surface area (Å²) in [6.45, 7) is 0. The second-order valence-electron chi connectivity index (χ2n) is 3.22. The topological polar surface area (TPSA) is 42.9 Å². The molecule has 0 saturated heterocycles. The molecule has 0 N–H and O–H groups in total. The maximum Gasteiger partial charge on any atom is 0.0964 e. The molecule has 4 heteroatoms. The monoisotopic (exact) mass is 247 g/mol. The fourth-order valence-corrected chi connectivity index (χ4v) is 1.68. The Balaban J connectivity index is 0.000000457. The molecule has 0 unspecified atom stereocenters. The van der Waals surface area contributed by atoms with Gasteiger partial charge < -0.3 is 0 Å². The Morgan fingerprint density at radius 1 is 0.750 bits per heavy atom. The molecule has 0 aliphatic carbocycles. The normalized spacial score (nSPS) is 9.69. The summed E-state index contributed by atoms with van der Waals surface area (Å²) in [5.41, 5.74) is 1.95. The first-order chi connectivity index (χ1) is 7.95. The predicted octanol–water partition coefficient (Wildman–Crippen LogP) is 2.66. The average molecular weight is 247 g/mol. The number of fused-ring (bicyclic) bond motifs is 3. The van der Waals surface area contributed by atoms with Crippen LogP contribution in [0, 0.1) is 0 Å². The Morgan fingerprint density at radius 2 is 1.19 bits per heavy atom. The second-order valence-corrected chi connectivity index (χ2v) is 3.22. The average Bonchev–Trinajstić information content (AvgIpc) is 2.41. The van der Waals surface area contributed by atoms with Crippen molar-refractivity contribution in [3.05, 3.63) is 48.8 Å². The zero-order valence-corrected chi connectivity index (χ0v) is 9.77. The maximum atomic E-state index is 8.19. The van der Waals surface area contributed by atoms with Gasteiger partial charge in [0, 0.05) is 23.2 Å². The minimum Gasteiger partial charge on any atom is -0.254 e. The van der Waals surface area contributed by atoms with E-state index < -0.39 is 0 Å². The Hall–Kier alpha value is -1.58. The molecule has 3 aromatic rings. The molecule has 0 fully saturated rings. The van der Waals surface area contributed by atoms with Gasteiger partial charge in [-0.15, -0.1) is 0 Å². The Labute approximate surface area is 102 Å². The molecule has 0 aliphatic rings. The summed E-state index contributed by atoms with van der Waals surface area (Å²) in [5.74, 6) is 0. The fraction of sp³-hybridized carbons (Fsp3) is 0. The van der Waals surface area contributed by atoms with E-state index in [4.69, 9.17) is 3.67 Å². The van der Waals surface area contributed by atoms with E-state index in [1.807, 2.05) is 12.1 Å². The van der Waals surface area contributed by atoms with Gasteiger partial charge in [0.2, 0.25) is 0 Å². The van der Waals surface area contributed by atoms with E-state index in [0.717, 1.165) is 39.2 Å². The first-order valence-electron chi connectivity index (χ1n) is 4.72. The maximum absolute atomic E-state index is 8.19. The van der Waals surface area contributed by atoms with Crippen LogP contribution in [0.5, 0.6) is 0 Å². The van der Waals surface area contributed by atoms with Gasteiger partial charge in [-0.2, -0.15) is 0 Å². The predicted molar refractivity (Wildman–Crippen MR) is 57.7 cm³/mol. The molecular weight excluding hydrogens is 239 g/mol. The standard InChI is InChI=1S/C12H8N2.O.V/c1-3-9-5-6-10-4-2-8-14-12(10)11(9)13-7-1;;/h1-8H;;. The van der Waals surface area contributed by atoms with E-state index in [-0.39, 0.29) is 0 Å². The van der Waals surface area contributed by atoms with E-state index in [2.05, 4.69) is 34.2 Å². The van der Waals surface area contributed by atoms with Crippen molar-refractivity contribution in [2.24, 2.45) is 0 Å². The van der Waals surface area contributed by atoms with Crippen LogP contribution < -0.4 is 0 Å². The van der Waals surface area contributed by atoms with Crippen LogP contribution in [0.25, 0.3) is 21.8 Å². The molecule has 0 amide bonds. The van der Waals surface area contributed by atoms with Crippen molar-refractivity contribution in [3.8, 4) is 0 Å².